The molecule has 0 aliphatic rings. The number of anilines is 1. The van der Waals surface area contributed by atoms with Gasteiger partial charge in [-0.3, -0.25) is 9.59 Å². The van der Waals surface area contributed by atoms with E-state index in [-0.39, 0.29) is 18.4 Å². The maximum atomic E-state index is 12.5. The van der Waals surface area contributed by atoms with Crippen molar-refractivity contribution in [2.24, 2.45) is 0 Å². The Balaban J connectivity index is 1.52. The van der Waals surface area contributed by atoms with Crippen LogP contribution in [0.3, 0.4) is 0 Å². The molecule has 0 aliphatic carbocycles. The van der Waals surface area contributed by atoms with Gasteiger partial charge in [-0.05, 0) is 37.3 Å². The SMILES string of the molecule is CC(=O)Nc1cccc(C(=O)NCc2nnc3ccc(-c4ccc(C)cc4)nn23)c1. The summed E-state index contributed by atoms with van der Waals surface area (Å²) in [7, 11) is 0. The monoisotopic (exact) mass is 400 g/mol. The van der Waals surface area contributed by atoms with Crippen molar-refractivity contribution in [2.75, 3.05) is 5.32 Å². The molecule has 0 radical (unpaired) electrons. The van der Waals surface area contributed by atoms with E-state index in [0.29, 0.717) is 22.7 Å². The van der Waals surface area contributed by atoms with Crippen molar-refractivity contribution in [3.63, 3.8) is 0 Å². The zero-order chi connectivity index (χ0) is 21.1. The first kappa shape index (κ1) is 19.3. The molecule has 0 saturated carbocycles. The number of nitrogens with zero attached hydrogens (tertiary/aromatic N) is 4. The first-order chi connectivity index (χ1) is 14.5. The highest BCUT2D eigenvalue weighted by Gasteiger charge is 2.12. The Labute approximate surface area is 173 Å². The van der Waals surface area contributed by atoms with E-state index in [1.807, 2.05) is 43.3 Å². The molecule has 8 nitrogen and oxygen atoms in total. The lowest BCUT2D eigenvalue weighted by Gasteiger charge is -2.07. The normalized spacial score (nSPS) is 10.7. The van der Waals surface area contributed by atoms with E-state index in [2.05, 4.69) is 25.9 Å². The summed E-state index contributed by atoms with van der Waals surface area (Å²) in [4.78, 5) is 23.7. The molecule has 30 heavy (non-hydrogen) atoms. The maximum Gasteiger partial charge on any atom is 0.251 e. The van der Waals surface area contributed by atoms with Gasteiger partial charge >= 0.3 is 0 Å². The molecule has 150 valence electrons. The van der Waals surface area contributed by atoms with Crippen LogP contribution in [0.5, 0.6) is 0 Å². The zero-order valence-electron chi connectivity index (χ0n) is 16.6. The Kier molecular flexibility index (Phi) is 5.21. The summed E-state index contributed by atoms with van der Waals surface area (Å²) in [5.74, 6) is 0.0388. The zero-order valence-corrected chi connectivity index (χ0v) is 16.6. The molecule has 2 aromatic carbocycles. The van der Waals surface area contributed by atoms with E-state index in [9.17, 15) is 9.59 Å². The highest BCUT2D eigenvalue weighted by atomic mass is 16.2. The predicted molar refractivity (Wildman–Crippen MR) is 113 cm³/mol. The van der Waals surface area contributed by atoms with Crippen molar-refractivity contribution in [1.82, 2.24) is 25.1 Å². The number of carbonyl (C=O) groups excluding carboxylic acids is 2. The van der Waals surface area contributed by atoms with Crippen LogP contribution in [-0.2, 0) is 11.3 Å². The molecule has 0 atom stereocenters. The van der Waals surface area contributed by atoms with E-state index in [0.717, 1.165) is 11.3 Å². The number of benzene rings is 2. The summed E-state index contributed by atoms with van der Waals surface area (Å²) < 4.78 is 1.63. The molecular weight excluding hydrogens is 380 g/mol. The van der Waals surface area contributed by atoms with Crippen molar-refractivity contribution < 1.29 is 9.59 Å². The number of rotatable bonds is 5. The van der Waals surface area contributed by atoms with Crippen molar-refractivity contribution in [1.29, 1.82) is 0 Å². The second-order valence-corrected chi connectivity index (χ2v) is 6.92. The molecule has 0 aliphatic heterocycles. The van der Waals surface area contributed by atoms with Crippen LogP contribution in [0, 0.1) is 6.92 Å². The summed E-state index contributed by atoms with van der Waals surface area (Å²) in [5, 5.41) is 18.4. The van der Waals surface area contributed by atoms with E-state index in [1.54, 1.807) is 28.8 Å². The van der Waals surface area contributed by atoms with Crippen molar-refractivity contribution in [3.8, 4) is 11.3 Å². The Bertz CT molecular complexity index is 1230. The fraction of sp³-hybridized carbons (Fsp3) is 0.136. The minimum Gasteiger partial charge on any atom is -0.345 e. The fourth-order valence-electron chi connectivity index (χ4n) is 3.02. The Hall–Kier alpha value is -4.07. The average molecular weight is 400 g/mol. The second kappa shape index (κ2) is 8.12. The first-order valence-corrected chi connectivity index (χ1v) is 9.44. The number of fused-ring (bicyclic) bond motifs is 1. The highest BCUT2D eigenvalue weighted by Crippen LogP contribution is 2.18. The van der Waals surface area contributed by atoms with Crippen LogP contribution in [0.4, 0.5) is 5.69 Å². The van der Waals surface area contributed by atoms with Crippen LogP contribution in [0.2, 0.25) is 0 Å². The van der Waals surface area contributed by atoms with Gasteiger partial charge in [0.2, 0.25) is 5.91 Å². The number of aryl methyl sites for hydroxylation is 1. The third kappa shape index (κ3) is 4.17. The van der Waals surface area contributed by atoms with Crippen molar-refractivity contribution in [2.45, 2.75) is 20.4 Å². The summed E-state index contributed by atoms with van der Waals surface area (Å²) in [6, 6.07) is 18.6. The highest BCUT2D eigenvalue weighted by molar-refractivity contribution is 5.96. The lowest BCUT2D eigenvalue weighted by molar-refractivity contribution is -0.114. The summed E-state index contributed by atoms with van der Waals surface area (Å²) in [6.07, 6.45) is 0. The van der Waals surface area contributed by atoms with Gasteiger partial charge in [0, 0.05) is 23.7 Å². The summed E-state index contributed by atoms with van der Waals surface area (Å²) in [6.45, 7) is 3.61. The quantitative estimate of drug-likeness (QED) is 0.536. The van der Waals surface area contributed by atoms with Crippen LogP contribution in [0.15, 0.2) is 60.7 Å². The van der Waals surface area contributed by atoms with Crippen molar-refractivity contribution in [3.05, 3.63) is 77.6 Å². The number of nitrogens with one attached hydrogen (secondary N) is 2. The number of carbonyl (C=O) groups is 2. The molecule has 2 aromatic heterocycles. The molecule has 2 N–H and O–H groups in total. The van der Waals surface area contributed by atoms with Crippen LogP contribution in [0.1, 0.15) is 28.7 Å². The fourth-order valence-corrected chi connectivity index (χ4v) is 3.02. The minimum absolute atomic E-state index is 0.161. The molecule has 0 bridgehead atoms. The topological polar surface area (TPSA) is 101 Å². The summed E-state index contributed by atoms with van der Waals surface area (Å²) >= 11 is 0. The van der Waals surface area contributed by atoms with Crippen LogP contribution in [-0.4, -0.2) is 31.6 Å². The molecule has 8 heteroatoms. The van der Waals surface area contributed by atoms with Crippen LogP contribution >= 0.6 is 0 Å². The summed E-state index contributed by atoms with van der Waals surface area (Å²) in [5.41, 5.74) is 4.55. The molecule has 0 spiro atoms. The standard InChI is InChI=1S/C22H20N6O2/c1-14-6-8-16(9-7-14)19-10-11-20-25-26-21(28(20)27-19)13-23-22(30)17-4-3-5-18(12-17)24-15(2)29/h3-12H,13H2,1-2H3,(H,23,30)(H,24,29). The van der Waals surface area contributed by atoms with Crippen LogP contribution in [0.25, 0.3) is 16.9 Å². The van der Waals surface area contributed by atoms with Gasteiger partial charge in [0.25, 0.3) is 5.91 Å². The molecule has 4 rings (SSSR count). The second-order valence-electron chi connectivity index (χ2n) is 6.92. The molecule has 2 amide bonds. The maximum absolute atomic E-state index is 12.5. The van der Waals surface area contributed by atoms with Gasteiger partial charge in [-0.1, -0.05) is 35.9 Å². The smallest absolute Gasteiger partial charge is 0.251 e. The Morgan fingerprint density at radius 3 is 2.57 bits per heavy atom. The van der Waals surface area contributed by atoms with E-state index >= 15 is 0 Å². The molecular formula is C22H20N6O2. The van der Waals surface area contributed by atoms with Gasteiger partial charge in [0.05, 0.1) is 12.2 Å². The molecule has 2 heterocycles. The number of amides is 2. The van der Waals surface area contributed by atoms with E-state index in [4.69, 9.17) is 0 Å². The lowest BCUT2D eigenvalue weighted by atomic mass is 10.1. The number of aromatic nitrogens is 4. The third-order valence-electron chi connectivity index (χ3n) is 4.53. The van der Waals surface area contributed by atoms with Gasteiger partial charge in [-0.15, -0.1) is 10.2 Å². The van der Waals surface area contributed by atoms with Crippen molar-refractivity contribution >= 4 is 23.1 Å². The molecule has 0 unspecified atom stereocenters. The van der Waals surface area contributed by atoms with Gasteiger partial charge in [0.1, 0.15) is 0 Å². The van der Waals surface area contributed by atoms with Gasteiger partial charge < -0.3 is 10.6 Å². The van der Waals surface area contributed by atoms with Crippen LogP contribution < -0.4 is 10.6 Å². The minimum atomic E-state index is -0.284. The predicted octanol–water partition coefficient (Wildman–Crippen LogP) is 2.99. The molecule has 4 aromatic rings. The number of hydrogen-bond acceptors (Lipinski definition) is 5. The van der Waals surface area contributed by atoms with Gasteiger partial charge in [-0.2, -0.15) is 9.61 Å². The molecule has 0 fully saturated rings. The average Bonchev–Trinajstić information content (AvgIpc) is 3.14. The van der Waals surface area contributed by atoms with Gasteiger partial charge in [-0.25, -0.2) is 0 Å². The number of hydrogen-bond donors (Lipinski definition) is 2. The third-order valence-corrected chi connectivity index (χ3v) is 4.53. The van der Waals surface area contributed by atoms with Gasteiger partial charge in [0.15, 0.2) is 11.5 Å². The van der Waals surface area contributed by atoms with E-state index < -0.39 is 0 Å². The Morgan fingerprint density at radius 2 is 1.80 bits per heavy atom. The largest absolute Gasteiger partial charge is 0.345 e. The molecule has 0 saturated heterocycles. The van der Waals surface area contributed by atoms with E-state index in [1.165, 1.54) is 12.5 Å². The lowest BCUT2D eigenvalue weighted by Crippen LogP contribution is -2.24. The Morgan fingerprint density at radius 1 is 1.00 bits per heavy atom. The first-order valence-electron chi connectivity index (χ1n) is 9.44.